The van der Waals surface area contributed by atoms with Crippen molar-refractivity contribution in [2.45, 2.75) is 31.2 Å². The molecular formula is C19H27N7O2S. The molecule has 2 atom stereocenters. The van der Waals surface area contributed by atoms with Gasteiger partial charge in [0.05, 0.1) is 47.2 Å². The summed E-state index contributed by atoms with van der Waals surface area (Å²) in [7, 11) is -1.09. The lowest BCUT2D eigenvalue weighted by atomic mass is 10.1. The number of aliphatic hydroxyl groups is 1. The predicted molar refractivity (Wildman–Crippen MR) is 113 cm³/mol. The summed E-state index contributed by atoms with van der Waals surface area (Å²) < 4.78 is 12.5. The SMILES string of the molecule is CC(C)C(CO)Nc1nc(N2CCN(c3ccnnc3)CC2)nc2c1S(=O)CC2. The van der Waals surface area contributed by atoms with Crippen LogP contribution in [0.2, 0.25) is 0 Å². The lowest BCUT2D eigenvalue weighted by molar-refractivity contribution is 0.249. The Morgan fingerprint density at radius 2 is 1.93 bits per heavy atom. The lowest BCUT2D eigenvalue weighted by Gasteiger charge is -2.36. The van der Waals surface area contributed by atoms with Gasteiger partial charge in [-0.1, -0.05) is 13.8 Å². The molecule has 156 valence electrons. The first-order valence-corrected chi connectivity index (χ1v) is 11.3. The number of hydrogen-bond donors (Lipinski definition) is 2. The molecule has 2 aliphatic heterocycles. The largest absolute Gasteiger partial charge is 0.394 e. The van der Waals surface area contributed by atoms with Crippen molar-refractivity contribution in [1.29, 1.82) is 0 Å². The molecule has 0 saturated carbocycles. The molecule has 0 spiro atoms. The summed E-state index contributed by atoms with van der Waals surface area (Å²) in [6, 6.07) is 1.82. The van der Waals surface area contributed by atoms with Gasteiger partial charge < -0.3 is 20.2 Å². The van der Waals surface area contributed by atoms with Crippen molar-refractivity contribution in [3.05, 3.63) is 24.2 Å². The third-order valence-electron chi connectivity index (χ3n) is 5.50. The second-order valence-electron chi connectivity index (χ2n) is 7.70. The average molecular weight is 418 g/mol. The molecule has 2 aromatic rings. The number of fused-ring (bicyclic) bond motifs is 1. The van der Waals surface area contributed by atoms with E-state index in [1.807, 2.05) is 19.9 Å². The van der Waals surface area contributed by atoms with Gasteiger partial charge in [-0.25, -0.2) is 4.98 Å². The van der Waals surface area contributed by atoms with E-state index in [1.54, 1.807) is 12.4 Å². The zero-order valence-corrected chi connectivity index (χ0v) is 17.6. The predicted octanol–water partition coefficient (Wildman–Crippen LogP) is 0.686. The van der Waals surface area contributed by atoms with Crippen molar-refractivity contribution in [1.82, 2.24) is 20.2 Å². The highest BCUT2D eigenvalue weighted by atomic mass is 32.2. The normalized spacial score (nSPS) is 20.1. The van der Waals surface area contributed by atoms with Crippen LogP contribution in [0, 0.1) is 5.92 Å². The lowest BCUT2D eigenvalue weighted by Crippen LogP contribution is -2.47. The second kappa shape index (κ2) is 8.58. The third kappa shape index (κ3) is 4.18. The van der Waals surface area contributed by atoms with Crippen LogP contribution in [0.3, 0.4) is 0 Å². The molecule has 0 aromatic carbocycles. The van der Waals surface area contributed by atoms with Crippen molar-refractivity contribution in [2.75, 3.05) is 53.7 Å². The number of anilines is 3. The van der Waals surface area contributed by atoms with E-state index in [4.69, 9.17) is 9.97 Å². The molecule has 29 heavy (non-hydrogen) atoms. The standard InChI is InChI=1S/C19H27N7O2S/c1-13(2)16(12-27)22-18-17-15(4-10-29(17)28)23-19(24-18)26-8-6-25(7-9-26)14-3-5-20-21-11-14/h3,5,11,13,16,27H,4,6-10,12H2,1-2H3,(H,22,23,24). The zero-order valence-electron chi connectivity index (χ0n) is 16.8. The summed E-state index contributed by atoms with van der Waals surface area (Å²) in [5.41, 5.74) is 1.92. The Morgan fingerprint density at radius 3 is 2.59 bits per heavy atom. The third-order valence-corrected chi connectivity index (χ3v) is 6.95. The molecule has 0 aliphatic carbocycles. The van der Waals surface area contributed by atoms with E-state index < -0.39 is 10.8 Å². The minimum absolute atomic E-state index is 0.00292. The first-order chi connectivity index (χ1) is 14.1. The summed E-state index contributed by atoms with van der Waals surface area (Å²) in [6.07, 6.45) is 4.18. The van der Waals surface area contributed by atoms with Crippen molar-refractivity contribution in [2.24, 2.45) is 5.92 Å². The number of piperazine rings is 1. The highest BCUT2D eigenvalue weighted by Gasteiger charge is 2.29. The molecule has 0 bridgehead atoms. The molecule has 10 heteroatoms. The molecule has 1 saturated heterocycles. The van der Waals surface area contributed by atoms with E-state index in [2.05, 4.69) is 25.3 Å². The molecule has 0 radical (unpaired) electrons. The maximum atomic E-state index is 12.5. The minimum Gasteiger partial charge on any atom is -0.394 e. The van der Waals surface area contributed by atoms with Crippen LogP contribution in [0.25, 0.3) is 0 Å². The zero-order chi connectivity index (χ0) is 20.4. The number of aryl methyl sites for hydroxylation is 1. The number of rotatable bonds is 6. The van der Waals surface area contributed by atoms with Gasteiger partial charge >= 0.3 is 0 Å². The molecule has 0 amide bonds. The molecule has 4 rings (SSSR count). The quantitative estimate of drug-likeness (QED) is 0.702. The fourth-order valence-electron chi connectivity index (χ4n) is 3.66. The molecule has 2 N–H and O–H groups in total. The molecule has 1 fully saturated rings. The van der Waals surface area contributed by atoms with E-state index in [-0.39, 0.29) is 18.6 Å². The number of hydrogen-bond acceptors (Lipinski definition) is 9. The highest BCUT2D eigenvalue weighted by molar-refractivity contribution is 7.85. The van der Waals surface area contributed by atoms with Crippen molar-refractivity contribution in [3.63, 3.8) is 0 Å². The Labute approximate surface area is 173 Å². The van der Waals surface area contributed by atoms with Crippen molar-refractivity contribution < 1.29 is 9.32 Å². The van der Waals surface area contributed by atoms with Crippen LogP contribution < -0.4 is 15.1 Å². The number of nitrogens with one attached hydrogen (secondary N) is 1. The van der Waals surface area contributed by atoms with Crippen LogP contribution in [0.5, 0.6) is 0 Å². The summed E-state index contributed by atoms with van der Waals surface area (Å²) in [5, 5.41) is 20.8. The highest BCUT2D eigenvalue weighted by Crippen LogP contribution is 2.31. The monoisotopic (exact) mass is 417 g/mol. The van der Waals surface area contributed by atoms with Gasteiger partial charge in [0.1, 0.15) is 10.7 Å². The Balaban J connectivity index is 1.55. The second-order valence-corrected chi connectivity index (χ2v) is 9.21. The number of nitrogens with zero attached hydrogens (tertiary/aromatic N) is 6. The van der Waals surface area contributed by atoms with E-state index in [9.17, 15) is 9.32 Å². The Hall–Kier alpha value is -2.33. The van der Waals surface area contributed by atoms with E-state index in [1.165, 1.54) is 0 Å². The molecule has 9 nitrogen and oxygen atoms in total. The minimum atomic E-state index is -1.09. The van der Waals surface area contributed by atoms with Crippen LogP contribution >= 0.6 is 0 Å². The smallest absolute Gasteiger partial charge is 0.227 e. The van der Waals surface area contributed by atoms with Gasteiger partial charge in [0, 0.05) is 38.4 Å². The van der Waals surface area contributed by atoms with Crippen LogP contribution in [-0.4, -0.2) is 74.1 Å². The molecule has 2 unspecified atom stereocenters. The van der Waals surface area contributed by atoms with Crippen molar-refractivity contribution in [3.8, 4) is 0 Å². The fraction of sp³-hybridized carbons (Fsp3) is 0.579. The summed E-state index contributed by atoms with van der Waals surface area (Å²) in [4.78, 5) is 14.6. The van der Waals surface area contributed by atoms with Gasteiger partial charge in [-0.05, 0) is 12.0 Å². The van der Waals surface area contributed by atoms with Crippen LogP contribution in [0.4, 0.5) is 17.5 Å². The maximum absolute atomic E-state index is 12.5. The first kappa shape index (κ1) is 20.0. The Morgan fingerprint density at radius 1 is 1.17 bits per heavy atom. The fourth-order valence-corrected chi connectivity index (χ4v) is 4.97. The van der Waals surface area contributed by atoms with Gasteiger partial charge in [0.2, 0.25) is 5.95 Å². The van der Waals surface area contributed by atoms with Gasteiger partial charge in [0.15, 0.2) is 0 Å². The van der Waals surface area contributed by atoms with Gasteiger partial charge in [-0.3, -0.25) is 4.21 Å². The first-order valence-electron chi connectivity index (χ1n) is 10.00. The Bertz CT molecular complexity index is 872. The van der Waals surface area contributed by atoms with Gasteiger partial charge in [0.25, 0.3) is 0 Å². The molecular weight excluding hydrogens is 390 g/mol. The van der Waals surface area contributed by atoms with Gasteiger partial charge in [-0.15, -0.1) is 0 Å². The summed E-state index contributed by atoms with van der Waals surface area (Å²) in [6.45, 7) is 7.34. The van der Waals surface area contributed by atoms with E-state index >= 15 is 0 Å². The Kier molecular flexibility index (Phi) is 5.91. The van der Waals surface area contributed by atoms with E-state index in [0.29, 0.717) is 28.8 Å². The van der Waals surface area contributed by atoms with Gasteiger partial charge in [-0.2, -0.15) is 15.2 Å². The van der Waals surface area contributed by atoms with Crippen molar-refractivity contribution >= 4 is 28.3 Å². The average Bonchev–Trinajstić information content (AvgIpc) is 3.13. The molecule has 4 heterocycles. The van der Waals surface area contributed by atoms with E-state index in [0.717, 1.165) is 37.6 Å². The summed E-state index contributed by atoms with van der Waals surface area (Å²) in [5.74, 6) is 2.07. The van der Waals surface area contributed by atoms with Crippen LogP contribution in [0.15, 0.2) is 23.4 Å². The molecule has 2 aliphatic rings. The molecule has 2 aromatic heterocycles. The maximum Gasteiger partial charge on any atom is 0.227 e. The summed E-state index contributed by atoms with van der Waals surface area (Å²) >= 11 is 0. The number of aliphatic hydroxyl groups excluding tert-OH is 1. The van der Waals surface area contributed by atoms with Crippen LogP contribution in [-0.2, 0) is 17.2 Å². The van der Waals surface area contributed by atoms with Crippen LogP contribution in [0.1, 0.15) is 19.5 Å². The topological polar surface area (TPSA) is 107 Å². The number of aromatic nitrogens is 4.